The molecular weight excluding hydrogens is 420 g/mol. The zero-order valence-corrected chi connectivity index (χ0v) is 18.8. The van der Waals surface area contributed by atoms with E-state index in [1.807, 2.05) is 6.92 Å². The number of hydrogen-bond donors (Lipinski definition) is 1. The number of sulfonamides is 1. The van der Waals surface area contributed by atoms with E-state index in [4.69, 9.17) is 14.2 Å². The number of rotatable bonds is 10. The van der Waals surface area contributed by atoms with Crippen LogP contribution in [0.3, 0.4) is 0 Å². The van der Waals surface area contributed by atoms with E-state index >= 15 is 0 Å². The van der Waals surface area contributed by atoms with Crippen molar-refractivity contribution in [3.8, 4) is 5.75 Å². The predicted molar refractivity (Wildman–Crippen MR) is 117 cm³/mol. The Labute approximate surface area is 183 Å². The molecule has 31 heavy (non-hydrogen) atoms. The second-order valence-corrected chi connectivity index (χ2v) is 8.92. The fourth-order valence-corrected chi connectivity index (χ4v) is 4.26. The van der Waals surface area contributed by atoms with Crippen LogP contribution in [0.25, 0.3) is 0 Å². The minimum Gasteiger partial charge on any atom is -0.494 e. The van der Waals surface area contributed by atoms with Crippen molar-refractivity contribution in [2.45, 2.75) is 24.8 Å². The summed E-state index contributed by atoms with van der Waals surface area (Å²) >= 11 is 0. The summed E-state index contributed by atoms with van der Waals surface area (Å²) in [5.74, 6) is 0.454. The van der Waals surface area contributed by atoms with E-state index in [0.29, 0.717) is 55.5 Å². The summed E-state index contributed by atoms with van der Waals surface area (Å²) in [6.45, 7) is 6.13. The molecule has 2 aromatic rings. The highest BCUT2D eigenvalue weighted by Gasteiger charge is 2.33. The van der Waals surface area contributed by atoms with Crippen molar-refractivity contribution < 1.29 is 27.4 Å². The first kappa shape index (κ1) is 23.1. The van der Waals surface area contributed by atoms with Crippen LogP contribution in [0.5, 0.6) is 5.75 Å². The number of ether oxygens (including phenoxy) is 3. The lowest BCUT2D eigenvalue weighted by molar-refractivity contribution is -0.0555. The summed E-state index contributed by atoms with van der Waals surface area (Å²) in [4.78, 5) is 14.6. The number of likely N-dealkylation sites (tertiary alicyclic amines) is 1. The summed E-state index contributed by atoms with van der Waals surface area (Å²) in [5, 5.41) is 0. The molecule has 1 fully saturated rings. The van der Waals surface area contributed by atoms with Gasteiger partial charge in [0.05, 0.1) is 30.8 Å². The van der Waals surface area contributed by atoms with Crippen molar-refractivity contribution in [2.24, 2.45) is 0 Å². The van der Waals surface area contributed by atoms with Crippen molar-refractivity contribution in [1.29, 1.82) is 0 Å². The van der Waals surface area contributed by atoms with Crippen LogP contribution >= 0.6 is 0 Å². The quantitative estimate of drug-likeness (QED) is 0.562. The lowest BCUT2D eigenvalue weighted by atomic mass is 10.0. The van der Waals surface area contributed by atoms with Gasteiger partial charge in [-0.25, -0.2) is 8.42 Å². The first-order valence-corrected chi connectivity index (χ1v) is 11.6. The van der Waals surface area contributed by atoms with Crippen molar-refractivity contribution in [1.82, 2.24) is 4.90 Å². The van der Waals surface area contributed by atoms with Gasteiger partial charge in [0.2, 0.25) is 0 Å². The molecule has 3 rings (SSSR count). The zero-order chi connectivity index (χ0) is 22.4. The molecule has 1 aliphatic rings. The summed E-state index contributed by atoms with van der Waals surface area (Å²) in [5.41, 5.74) is 1.49. The molecule has 1 amide bonds. The average Bonchev–Trinajstić information content (AvgIpc) is 2.71. The molecule has 1 N–H and O–H groups in total. The molecule has 1 aliphatic heterocycles. The number of hydrogen-bond acceptors (Lipinski definition) is 6. The van der Waals surface area contributed by atoms with Gasteiger partial charge in [0.25, 0.3) is 15.9 Å². The van der Waals surface area contributed by atoms with Gasteiger partial charge < -0.3 is 19.1 Å². The Balaban J connectivity index is 1.69. The molecule has 0 radical (unpaired) electrons. The second kappa shape index (κ2) is 10.1. The van der Waals surface area contributed by atoms with Crippen LogP contribution in [0.15, 0.2) is 47.4 Å². The standard InChI is InChI=1S/C22H28N2O6S/c1-4-29-18-8-6-17(7-9-18)23-31(26,27)20-10-5-16(2)21(13-20)22(25)24-14-19(15-24)30-12-11-28-3/h5-10,13,19,23H,4,11-12,14-15H2,1-3H3. The number of amides is 1. The molecule has 8 nitrogen and oxygen atoms in total. The minimum absolute atomic E-state index is 0.0207. The third-order valence-electron chi connectivity index (χ3n) is 4.94. The van der Waals surface area contributed by atoms with Gasteiger partial charge >= 0.3 is 0 Å². The summed E-state index contributed by atoms with van der Waals surface area (Å²) < 4.78 is 44.2. The maximum atomic E-state index is 12.9. The fraction of sp³-hybridized carbons (Fsp3) is 0.409. The number of nitrogens with one attached hydrogen (secondary N) is 1. The van der Waals surface area contributed by atoms with Gasteiger partial charge in [0, 0.05) is 31.5 Å². The molecule has 2 aromatic carbocycles. The molecule has 0 bridgehead atoms. The SMILES string of the molecule is CCOc1ccc(NS(=O)(=O)c2ccc(C)c(C(=O)N3CC(OCCOC)C3)c2)cc1. The first-order chi connectivity index (χ1) is 14.8. The Morgan fingerprint density at radius 3 is 2.48 bits per heavy atom. The zero-order valence-electron chi connectivity index (χ0n) is 18.0. The van der Waals surface area contributed by atoms with E-state index in [2.05, 4.69) is 4.72 Å². The van der Waals surface area contributed by atoms with E-state index in [1.54, 1.807) is 49.3 Å². The van der Waals surface area contributed by atoms with Crippen molar-refractivity contribution >= 4 is 21.6 Å². The lowest BCUT2D eigenvalue weighted by Gasteiger charge is -2.39. The van der Waals surface area contributed by atoms with E-state index in [1.165, 1.54) is 12.1 Å². The molecule has 1 heterocycles. The molecule has 0 atom stereocenters. The normalized spacial score (nSPS) is 14.2. The lowest BCUT2D eigenvalue weighted by Crippen LogP contribution is -2.55. The van der Waals surface area contributed by atoms with Gasteiger partial charge in [-0.15, -0.1) is 0 Å². The minimum atomic E-state index is -3.85. The number of benzene rings is 2. The first-order valence-electron chi connectivity index (χ1n) is 10.1. The van der Waals surface area contributed by atoms with Gasteiger partial charge in [-0.1, -0.05) is 6.07 Å². The van der Waals surface area contributed by atoms with Gasteiger partial charge in [-0.2, -0.15) is 0 Å². The Hall–Kier alpha value is -2.62. The maximum Gasteiger partial charge on any atom is 0.261 e. The van der Waals surface area contributed by atoms with Crippen LogP contribution in [0.4, 0.5) is 5.69 Å². The number of aryl methyl sites for hydroxylation is 1. The van der Waals surface area contributed by atoms with Gasteiger partial charge in [0.15, 0.2) is 0 Å². The average molecular weight is 449 g/mol. The van der Waals surface area contributed by atoms with Crippen LogP contribution < -0.4 is 9.46 Å². The molecule has 9 heteroatoms. The number of anilines is 1. The van der Waals surface area contributed by atoms with Crippen LogP contribution in [0, 0.1) is 6.92 Å². The number of nitrogens with zero attached hydrogens (tertiary/aromatic N) is 1. The number of carbonyl (C=O) groups is 1. The Morgan fingerprint density at radius 2 is 1.84 bits per heavy atom. The highest BCUT2D eigenvalue weighted by Crippen LogP contribution is 2.24. The summed E-state index contributed by atoms with van der Waals surface area (Å²) in [7, 11) is -2.25. The summed E-state index contributed by atoms with van der Waals surface area (Å²) in [6.07, 6.45) is -0.0207. The molecule has 0 aromatic heterocycles. The Bertz CT molecular complexity index is 1000. The third-order valence-corrected chi connectivity index (χ3v) is 6.32. The number of methoxy groups -OCH3 is 1. The van der Waals surface area contributed by atoms with Gasteiger partial charge in [-0.05, 0) is 55.8 Å². The second-order valence-electron chi connectivity index (χ2n) is 7.24. The largest absolute Gasteiger partial charge is 0.494 e. The van der Waals surface area contributed by atoms with Crippen LogP contribution in [-0.2, 0) is 19.5 Å². The highest BCUT2D eigenvalue weighted by atomic mass is 32.2. The smallest absolute Gasteiger partial charge is 0.261 e. The van der Waals surface area contributed by atoms with Crippen molar-refractivity contribution in [3.63, 3.8) is 0 Å². The van der Waals surface area contributed by atoms with Gasteiger partial charge in [0.1, 0.15) is 5.75 Å². The molecule has 0 aliphatic carbocycles. The predicted octanol–water partition coefficient (Wildman–Crippen LogP) is 2.68. The van der Waals surface area contributed by atoms with E-state index in [-0.39, 0.29) is 16.9 Å². The molecule has 0 saturated carbocycles. The van der Waals surface area contributed by atoms with E-state index in [0.717, 1.165) is 0 Å². The molecular formula is C22H28N2O6S. The van der Waals surface area contributed by atoms with Crippen LogP contribution in [0.2, 0.25) is 0 Å². The van der Waals surface area contributed by atoms with Crippen LogP contribution in [0.1, 0.15) is 22.8 Å². The Kier molecular flexibility index (Phi) is 7.53. The fourth-order valence-electron chi connectivity index (χ4n) is 3.18. The number of carbonyl (C=O) groups excluding carboxylic acids is 1. The maximum absolute atomic E-state index is 12.9. The summed E-state index contributed by atoms with van der Waals surface area (Å²) in [6, 6.07) is 11.2. The van der Waals surface area contributed by atoms with Crippen molar-refractivity contribution in [3.05, 3.63) is 53.6 Å². The van der Waals surface area contributed by atoms with Crippen molar-refractivity contribution in [2.75, 3.05) is 44.7 Å². The molecule has 0 spiro atoms. The molecule has 0 unspecified atom stereocenters. The van der Waals surface area contributed by atoms with E-state index < -0.39 is 10.0 Å². The monoisotopic (exact) mass is 448 g/mol. The molecule has 168 valence electrons. The molecule has 1 saturated heterocycles. The van der Waals surface area contributed by atoms with Gasteiger partial charge in [-0.3, -0.25) is 9.52 Å². The third kappa shape index (κ3) is 5.75. The topological polar surface area (TPSA) is 94.2 Å². The van der Waals surface area contributed by atoms with E-state index in [9.17, 15) is 13.2 Å². The Morgan fingerprint density at radius 1 is 1.13 bits per heavy atom. The van der Waals surface area contributed by atoms with Crippen LogP contribution in [-0.4, -0.2) is 65.3 Å². The highest BCUT2D eigenvalue weighted by molar-refractivity contribution is 7.92.